The summed E-state index contributed by atoms with van der Waals surface area (Å²) >= 11 is 0. The zero-order valence-corrected chi connectivity index (χ0v) is 15.4. The first-order valence-corrected chi connectivity index (χ1v) is 9.51. The molecular formula is C19H25F2N3O4. The number of aliphatic carboxylic acids is 1. The van der Waals surface area contributed by atoms with E-state index in [1.54, 1.807) is 18.2 Å². The molecule has 9 heteroatoms. The molecule has 154 valence electrons. The van der Waals surface area contributed by atoms with Crippen LogP contribution in [0.15, 0.2) is 24.3 Å². The first-order chi connectivity index (χ1) is 13.4. The number of halogens is 2. The second-order valence-corrected chi connectivity index (χ2v) is 7.28. The maximum absolute atomic E-state index is 12.6. The van der Waals surface area contributed by atoms with Gasteiger partial charge in [-0.2, -0.15) is 8.78 Å². The van der Waals surface area contributed by atoms with Gasteiger partial charge in [-0.05, 0) is 44.2 Å². The van der Waals surface area contributed by atoms with Gasteiger partial charge in [-0.15, -0.1) is 0 Å². The smallest absolute Gasteiger partial charge is 0.387 e. The predicted molar refractivity (Wildman–Crippen MR) is 98.7 cm³/mol. The van der Waals surface area contributed by atoms with Crippen molar-refractivity contribution in [1.29, 1.82) is 0 Å². The fraction of sp³-hybridized carbons (Fsp3) is 0.579. The number of amides is 2. The Hall–Kier alpha value is -2.58. The van der Waals surface area contributed by atoms with Gasteiger partial charge in [0.2, 0.25) is 0 Å². The lowest BCUT2D eigenvalue weighted by Crippen LogP contribution is -2.48. The van der Waals surface area contributed by atoms with Crippen LogP contribution in [0.3, 0.4) is 0 Å². The molecule has 1 aliphatic heterocycles. The number of anilines is 1. The van der Waals surface area contributed by atoms with Gasteiger partial charge >= 0.3 is 18.6 Å². The average molecular weight is 397 g/mol. The number of alkyl halides is 2. The second-order valence-electron chi connectivity index (χ2n) is 7.28. The Balaban J connectivity index is 1.47. The van der Waals surface area contributed by atoms with Crippen molar-refractivity contribution in [1.82, 2.24) is 10.6 Å². The topological polar surface area (TPSA) is 90.9 Å². The Bertz CT molecular complexity index is 696. The van der Waals surface area contributed by atoms with Crippen LogP contribution >= 0.6 is 0 Å². The molecule has 0 spiro atoms. The van der Waals surface area contributed by atoms with Crippen molar-refractivity contribution in [3.05, 3.63) is 24.3 Å². The van der Waals surface area contributed by atoms with Crippen molar-refractivity contribution < 1.29 is 28.2 Å². The van der Waals surface area contributed by atoms with Crippen molar-refractivity contribution in [2.45, 2.75) is 50.8 Å². The summed E-state index contributed by atoms with van der Waals surface area (Å²) in [7, 11) is 0. The maximum atomic E-state index is 12.6. The number of carboxylic acids is 1. The minimum absolute atomic E-state index is 0.0201. The highest BCUT2D eigenvalue weighted by molar-refractivity contribution is 5.75. The molecule has 7 nitrogen and oxygen atoms in total. The Morgan fingerprint density at radius 2 is 1.75 bits per heavy atom. The monoisotopic (exact) mass is 397 g/mol. The highest BCUT2D eigenvalue weighted by atomic mass is 19.3. The zero-order chi connectivity index (χ0) is 20.1. The van der Waals surface area contributed by atoms with E-state index in [2.05, 4.69) is 15.4 Å². The first-order valence-electron chi connectivity index (χ1n) is 9.51. The molecule has 0 aromatic heterocycles. The molecule has 2 aliphatic rings. The van der Waals surface area contributed by atoms with Gasteiger partial charge in [-0.25, -0.2) is 4.79 Å². The number of carboxylic acid groups (broad SMARTS) is 1. The highest BCUT2D eigenvalue weighted by Gasteiger charge is 2.29. The average Bonchev–Trinajstić information content (AvgIpc) is 3.10. The summed E-state index contributed by atoms with van der Waals surface area (Å²) in [6.07, 6.45) is 3.14. The predicted octanol–water partition coefficient (Wildman–Crippen LogP) is 2.81. The van der Waals surface area contributed by atoms with Gasteiger partial charge in [0.1, 0.15) is 5.75 Å². The van der Waals surface area contributed by atoms with Crippen molar-refractivity contribution in [2.75, 3.05) is 18.0 Å². The minimum atomic E-state index is -2.89. The highest BCUT2D eigenvalue weighted by Crippen LogP contribution is 2.31. The third kappa shape index (κ3) is 5.24. The van der Waals surface area contributed by atoms with E-state index < -0.39 is 12.6 Å². The number of carbonyl (C=O) groups excluding carboxylic acids is 1. The molecular weight excluding hydrogens is 372 g/mol. The zero-order valence-electron chi connectivity index (χ0n) is 15.4. The van der Waals surface area contributed by atoms with Gasteiger partial charge < -0.3 is 25.4 Å². The summed E-state index contributed by atoms with van der Waals surface area (Å²) in [6, 6.07) is 6.23. The number of nitrogens with one attached hydrogen (secondary N) is 2. The Labute approximate surface area is 162 Å². The number of hydrogen-bond donors (Lipinski definition) is 3. The molecule has 3 N–H and O–H groups in total. The van der Waals surface area contributed by atoms with Crippen LogP contribution in [0.25, 0.3) is 0 Å². The van der Waals surface area contributed by atoms with E-state index in [0.29, 0.717) is 50.9 Å². The van der Waals surface area contributed by atoms with Gasteiger partial charge in [-0.3, -0.25) is 4.79 Å². The molecule has 1 unspecified atom stereocenters. The number of carbonyl (C=O) groups is 2. The second kappa shape index (κ2) is 9.07. The third-order valence-corrected chi connectivity index (χ3v) is 5.36. The van der Waals surface area contributed by atoms with Gasteiger partial charge in [0, 0.05) is 25.2 Å². The van der Waals surface area contributed by atoms with Crippen molar-refractivity contribution in [3.8, 4) is 5.75 Å². The van der Waals surface area contributed by atoms with Crippen LogP contribution in [0.1, 0.15) is 32.1 Å². The molecule has 28 heavy (non-hydrogen) atoms. The summed E-state index contributed by atoms with van der Waals surface area (Å²) in [5.74, 6) is -0.970. The third-order valence-electron chi connectivity index (χ3n) is 5.36. The van der Waals surface area contributed by atoms with E-state index in [-0.39, 0.29) is 29.8 Å². The fourth-order valence-electron chi connectivity index (χ4n) is 3.91. The van der Waals surface area contributed by atoms with Crippen LogP contribution in [0.2, 0.25) is 0 Å². The number of hydrogen-bond acceptors (Lipinski definition) is 4. The lowest BCUT2D eigenvalue weighted by Gasteiger charge is -2.27. The number of benzene rings is 1. The molecule has 1 aromatic carbocycles. The molecule has 1 heterocycles. The number of rotatable bonds is 6. The molecule has 1 saturated heterocycles. The van der Waals surface area contributed by atoms with Crippen molar-refractivity contribution in [3.63, 3.8) is 0 Å². The first kappa shape index (κ1) is 20.2. The molecule has 0 bridgehead atoms. The van der Waals surface area contributed by atoms with Crippen LogP contribution in [-0.4, -0.2) is 48.9 Å². The lowest BCUT2D eigenvalue weighted by molar-refractivity contribution is -0.142. The van der Waals surface area contributed by atoms with E-state index >= 15 is 0 Å². The molecule has 1 saturated carbocycles. The minimum Gasteiger partial charge on any atom is -0.481 e. The normalized spacial score (nSPS) is 24.8. The Kier molecular flexibility index (Phi) is 6.53. The van der Waals surface area contributed by atoms with Gasteiger partial charge in [0.15, 0.2) is 0 Å². The van der Waals surface area contributed by atoms with Gasteiger partial charge in [0.25, 0.3) is 0 Å². The molecule has 1 aliphatic carbocycles. The summed E-state index contributed by atoms with van der Waals surface area (Å²) in [5.41, 5.74) is 0.583. The summed E-state index contributed by atoms with van der Waals surface area (Å²) in [6.45, 7) is -1.76. The molecule has 2 fully saturated rings. The van der Waals surface area contributed by atoms with Crippen LogP contribution in [0, 0.1) is 5.92 Å². The molecule has 2 amide bonds. The molecule has 1 atom stereocenters. The number of nitrogens with zero attached hydrogens (tertiary/aromatic N) is 1. The van der Waals surface area contributed by atoms with Gasteiger partial charge in [-0.1, -0.05) is 12.1 Å². The molecule has 3 rings (SSSR count). The van der Waals surface area contributed by atoms with Gasteiger partial charge in [0.05, 0.1) is 11.6 Å². The lowest BCUT2D eigenvalue weighted by atomic mass is 9.86. The quantitative estimate of drug-likeness (QED) is 0.687. The van der Waals surface area contributed by atoms with Crippen LogP contribution in [-0.2, 0) is 4.79 Å². The number of ether oxygens (including phenoxy) is 1. The summed E-state index contributed by atoms with van der Waals surface area (Å²) in [4.78, 5) is 25.2. The van der Waals surface area contributed by atoms with E-state index in [0.717, 1.165) is 0 Å². The Morgan fingerprint density at radius 3 is 2.43 bits per heavy atom. The molecule has 1 aromatic rings. The summed E-state index contributed by atoms with van der Waals surface area (Å²) < 4.78 is 29.8. The van der Waals surface area contributed by atoms with E-state index in [9.17, 15) is 18.4 Å². The Morgan fingerprint density at radius 1 is 1.07 bits per heavy atom. The van der Waals surface area contributed by atoms with E-state index in [4.69, 9.17) is 5.11 Å². The number of para-hydroxylation sites is 2. The van der Waals surface area contributed by atoms with E-state index in [1.807, 2.05) is 4.90 Å². The summed E-state index contributed by atoms with van der Waals surface area (Å²) in [5, 5.41) is 14.9. The van der Waals surface area contributed by atoms with E-state index in [1.165, 1.54) is 6.07 Å². The number of urea groups is 1. The SMILES string of the molecule is O=C(NC1CCC(C(=O)O)CC1)NC1CCN(c2ccccc2OC(F)F)C1. The van der Waals surface area contributed by atoms with Crippen LogP contribution < -0.4 is 20.3 Å². The largest absolute Gasteiger partial charge is 0.481 e. The van der Waals surface area contributed by atoms with Crippen molar-refractivity contribution >= 4 is 17.7 Å². The molecule has 0 radical (unpaired) electrons. The van der Waals surface area contributed by atoms with Crippen LogP contribution in [0.5, 0.6) is 5.75 Å². The van der Waals surface area contributed by atoms with Crippen molar-refractivity contribution in [2.24, 2.45) is 5.92 Å². The maximum Gasteiger partial charge on any atom is 0.387 e. The standard InChI is InChI=1S/C19H25F2N3O4/c20-18(21)28-16-4-2-1-3-15(16)24-10-9-14(11-24)23-19(27)22-13-7-5-12(6-8-13)17(25)26/h1-4,12-14,18H,5-11H2,(H,25,26)(H2,22,23,27). The van der Waals surface area contributed by atoms with Crippen LogP contribution in [0.4, 0.5) is 19.3 Å². The fourth-order valence-corrected chi connectivity index (χ4v) is 3.91.